The van der Waals surface area contributed by atoms with Gasteiger partial charge in [-0.1, -0.05) is 19.0 Å². The van der Waals surface area contributed by atoms with Gasteiger partial charge < -0.3 is 14.9 Å². The van der Waals surface area contributed by atoms with E-state index in [0.29, 0.717) is 29.5 Å². The second-order valence-electron chi connectivity index (χ2n) is 5.50. The summed E-state index contributed by atoms with van der Waals surface area (Å²) in [6.07, 6.45) is 0.814. The van der Waals surface area contributed by atoms with E-state index in [9.17, 15) is 9.59 Å². The van der Waals surface area contributed by atoms with E-state index < -0.39 is 5.97 Å². The summed E-state index contributed by atoms with van der Waals surface area (Å²) in [7, 11) is 0. The van der Waals surface area contributed by atoms with Crippen LogP contribution in [0.25, 0.3) is 0 Å². The lowest BCUT2D eigenvalue weighted by atomic mass is 9.94. The molecule has 0 radical (unpaired) electrons. The zero-order valence-electron chi connectivity index (χ0n) is 12.4. The van der Waals surface area contributed by atoms with Crippen LogP contribution in [-0.2, 0) is 4.79 Å². The minimum atomic E-state index is -0.845. The minimum Gasteiger partial charge on any atom is -0.481 e. The smallest absolute Gasteiger partial charge is 0.303 e. The van der Waals surface area contributed by atoms with Crippen LogP contribution in [0.5, 0.6) is 0 Å². The number of amides is 1. The van der Waals surface area contributed by atoms with Gasteiger partial charge in [-0.15, -0.1) is 0 Å². The molecule has 1 amide bonds. The van der Waals surface area contributed by atoms with E-state index in [1.165, 1.54) is 0 Å². The van der Waals surface area contributed by atoms with Crippen molar-refractivity contribution in [3.05, 3.63) is 17.0 Å². The van der Waals surface area contributed by atoms with Gasteiger partial charge in [0.25, 0.3) is 5.91 Å². The number of aromatic nitrogens is 1. The molecule has 0 fully saturated rings. The second-order valence-corrected chi connectivity index (χ2v) is 5.50. The number of carboxylic acids is 1. The van der Waals surface area contributed by atoms with Crippen LogP contribution in [0.1, 0.15) is 48.5 Å². The summed E-state index contributed by atoms with van der Waals surface area (Å²) in [5, 5.41) is 15.4. The van der Waals surface area contributed by atoms with E-state index in [0.717, 1.165) is 6.42 Å². The molecular weight excluding hydrogens is 260 g/mol. The topological polar surface area (TPSA) is 92.4 Å². The molecule has 6 nitrogen and oxygen atoms in total. The lowest BCUT2D eigenvalue weighted by Crippen LogP contribution is -2.31. The number of hydrogen-bond acceptors (Lipinski definition) is 4. The highest BCUT2D eigenvalue weighted by Crippen LogP contribution is 2.16. The second kappa shape index (κ2) is 7.07. The monoisotopic (exact) mass is 282 g/mol. The van der Waals surface area contributed by atoms with Gasteiger partial charge in [0, 0.05) is 13.0 Å². The average molecular weight is 282 g/mol. The molecule has 0 spiro atoms. The molecule has 1 heterocycles. The quantitative estimate of drug-likeness (QED) is 0.799. The van der Waals surface area contributed by atoms with E-state index in [4.69, 9.17) is 9.63 Å². The van der Waals surface area contributed by atoms with Crippen LogP contribution in [0.4, 0.5) is 0 Å². The Labute approximate surface area is 118 Å². The summed E-state index contributed by atoms with van der Waals surface area (Å²) in [5.41, 5.74) is 0.974. The van der Waals surface area contributed by atoms with Crippen molar-refractivity contribution in [1.82, 2.24) is 10.5 Å². The Morgan fingerprint density at radius 2 is 2.00 bits per heavy atom. The summed E-state index contributed by atoms with van der Waals surface area (Å²) in [4.78, 5) is 22.9. The predicted molar refractivity (Wildman–Crippen MR) is 73.5 cm³/mol. The van der Waals surface area contributed by atoms with Crippen molar-refractivity contribution in [2.45, 2.75) is 40.5 Å². The maximum atomic E-state index is 12.1. The highest BCUT2D eigenvalue weighted by Gasteiger charge is 2.20. The molecule has 0 aliphatic carbocycles. The predicted octanol–water partition coefficient (Wildman–Crippen LogP) is 2.16. The third kappa shape index (κ3) is 4.68. The van der Waals surface area contributed by atoms with Gasteiger partial charge in [-0.05, 0) is 32.1 Å². The molecule has 1 rings (SSSR count). The Bertz CT molecular complexity index is 460. The molecule has 0 aliphatic rings. The molecule has 0 aliphatic heterocycles. The zero-order chi connectivity index (χ0) is 15.3. The summed E-state index contributed by atoms with van der Waals surface area (Å²) in [6, 6.07) is 0. The van der Waals surface area contributed by atoms with Gasteiger partial charge in [0.15, 0.2) is 0 Å². The van der Waals surface area contributed by atoms with Crippen molar-refractivity contribution >= 4 is 11.9 Å². The highest BCUT2D eigenvalue weighted by molar-refractivity contribution is 5.96. The van der Waals surface area contributed by atoms with Crippen LogP contribution in [0.15, 0.2) is 4.52 Å². The van der Waals surface area contributed by atoms with Crippen molar-refractivity contribution < 1.29 is 19.2 Å². The minimum absolute atomic E-state index is 0.0556. The highest BCUT2D eigenvalue weighted by atomic mass is 16.5. The number of carbonyl (C=O) groups is 2. The molecular formula is C14H22N2O4. The van der Waals surface area contributed by atoms with Gasteiger partial charge in [0.2, 0.25) is 0 Å². The molecule has 1 atom stereocenters. The molecule has 0 aromatic carbocycles. The summed E-state index contributed by atoms with van der Waals surface area (Å²) >= 11 is 0. The first kappa shape index (κ1) is 16.2. The van der Waals surface area contributed by atoms with Crippen LogP contribution in [0.3, 0.4) is 0 Å². The zero-order valence-corrected chi connectivity index (χ0v) is 12.4. The van der Waals surface area contributed by atoms with E-state index in [1.54, 1.807) is 13.8 Å². The Kier molecular flexibility index (Phi) is 5.73. The number of aliphatic carboxylic acids is 1. The third-order valence-corrected chi connectivity index (χ3v) is 3.08. The number of nitrogens with zero attached hydrogens (tertiary/aromatic N) is 1. The van der Waals surface area contributed by atoms with E-state index in [2.05, 4.69) is 10.5 Å². The Balaban J connectivity index is 2.62. The fraction of sp³-hybridized carbons (Fsp3) is 0.643. The summed E-state index contributed by atoms with van der Waals surface area (Å²) in [5.74, 6) is -0.325. The summed E-state index contributed by atoms with van der Waals surface area (Å²) < 4.78 is 4.95. The molecule has 1 aromatic rings. The maximum absolute atomic E-state index is 12.1. The molecule has 20 heavy (non-hydrogen) atoms. The normalized spacial score (nSPS) is 12.4. The largest absolute Gasteiger partial charge is 0.481 e. The number of nitrogens with one attached hydrogen (secondary N) is 1. The Morgan fingerprint density at radius 1 is 1.35 bits per heavy atom. The van der Waals surface area contributed by atoms with Crippen LogP contribution in [0, 0.1) is 25.7 Å². The SMILES string of the molecule is Cc1noc(C)c1C(=O)NC[C@H](CC(=O)O)CC(C)C. The number of aryl methyl sites for hydroxylation is 2. The van der Waals surface area contributed by atoms with Crippen molar-refractivity contribution in [2.24, 2.45) is 11.8 Å². The molecule has 112 valence electrons. The standard InChI is InChI=1S/C14H22N2O4/c1-8(2)5-11(6-12(17)18)7-15-14(19)13-9(3)16-20-10(13)4/h8,11H,5-7H2,1-4H3,(H,15,19)(H,17,18)/t11-/m0/s1. The Hall–Kier alpha value is -1.85. The average Bonchev–Trinajstić information content (AvgIpc) is 2.64. The molecule has 0 bridgehead atoms. The van der Waals surface area contributed by atoms with Gasteiger partial charge in [-0.25, -0.2) is 0 Å². The number of carboxylic acid groups (broad SMARTS) is 1. The first-order valence-electron chi connectivity index (χ1n) is 6.74. The Morgan fingerprint density at radius 3 is 2.45 bits per heavy atom. The van der Waals surface area contributed by atoms with Gasteiger partial charge in [-0.2, -0.15) is 0 Å². The van der Waals surface area contributed by atoms with Crippen LogP contribution in [0.2, 0.25) is 0 Å². The number of rotatable bonds is 7. The first-order chi connectivity index (χ1) is 9.31. The lowest BCUT2D eigenvalue weighted by Gasteiger charge is -2.17. The van der Waals surface area contributed by atoms with E-state index in [1.807, 2.05) is 13.8 Å². The third-order valence-electron chi connectivity index (χ3n) is 3.08. The van der Waals surface area contributed by atoms with E-state index >= 15 is 0 Å². The van der Waals surface area contributed by atoms with Crippen molar-refractivity contribution in [2.75, 3.05) is 6.54 Å². The molecule has 1 aromatic heterocycles. The van der Waals surface area contributed by atoms with Crippen molar-refractivity contribution in [1.29, 1.82) is 0 Å². The van der Waals surface area contributed by atoms with Crippen LogP contribution >= 0.6 is 0 Å². The molecule has 2 N–H and O–H groups in total. The molecule has 0 unspecified atom stereocenters. The van der Waals surface area contributed by atoms with Gasteiger partial charge in [0.1, 0.15) is 11.3 Å². The fourth-order valence-corrected chi connectivity index (χ4v) is 2.29. The van der Waals surface area contributed by atoms with Crippen LogP contribution in [-0.4, -0.2) is 28.7 Å². The van der Waals surface area contributed by atoms with Gasteiger partial charge in [0.05, 0.1) is 5.69 Å². The maximum Gasteiger partial charge on any atom is 0.303 e. The number of hydrogen-bond donors (Lipinski definition) is 2. The molecule has 6 heteroatoms. The van der Waals surface area contributed by atoms with Crippen LogP contribution < -0.4 is 5.32 Å². The van der Waals surface area contributed by atoms with Gasteiger partial charge >= 0.3 is 5.97 Å². The molecule has 0 saturated heterocycles. The van der Waals surface area contributed by atoms with Gasteiger partial charge in [-0.3, -0.25) is 9.59 Å². The first-order valence-corrected chi connectivity index (χ1v) is 6.74. The van der Waals surface area contributed by atoms with Crippen molar-refractivity contribution in [3.8, 4) is 0 Å². The summed E-state index contributed by atoms with van der Waals surface area (Å²) in [6.45, 7) is 7.79. The van der Waals surface area contributed by atoms with E-state index in [-0.39, 0.29) is 18.2 Å². The fourth-order valence-electron chi connectivity index (χ4n) is 2.29. The molecule has 0 saturated carbocycles. The number of carbonyl (C=O) groups excluding carboxylic acids is 1. The van der Waals surface area contributed by atoms with Crippen molar-refractivity contribution in [3.63, 3.8) is 0 Å². The lowest BCUT2D eigenvalue weighted by molar-refractivity contribution is -0.138.